The number of piperidine rings is 1. The number of ether oxygens (including phenoxy) is 1. The van der Waals surface area contributed by atoms with Crippen molar-refractivity contribution in [2.45, 2.75) is 30.8 Å². The Balaban J connectivity index is 2.23. The summed E-state index contributed by atoms with van der Waals surface area (Å²) in [5.41, 5.74) is 0.128. The van der Waals surface area contributed by atoms with Gasteiger partial charge in [-0.05, 0) is 19.8 Å². The lowest BCUT2D eigenvalue weighted by molar-refractivity contribution is 0.0345. The minimum atomic E-state index is -3.99. The van der Waals surface area contributed by atoms with E-state index < -0.39 is 15.9 Å². The minimum Gasteiger partial charge on any atom is -0.381 e. The van der Waals surface area contributed by atoms with Gasteiger partial charge in [-0.25, -0.2) is 13.6 Å². The number of aromatic amines is 1. The van der Waals surface area contributed by atoms with Gasteiger partial charge in [0.1, 0.15) is 4.90 Å². The maximum Gasteiger partial charge on any atom is 0.275 e. The molecule has 0 spiro atoms. The van der Waals surface area contributed by atoms with Gasteiger partial charge in [0.15, 0.2) is 5.69 Å². The molecule has 8 nitrogen and oxygen atoms in total. The summed E-state index contributed by atoms with van der Waals surface area (Å²) in [6.07, 6.45) is 1.57. The molecule has 9 heteroatoms. The van der Waals surface area contributed by atoms with E-state index in [1.165, 1.54) is 6.92 Å². The van der Waals surface area contributed by atoms with Gasteiger partial charge in [-0.15, -0.1) is 0 Å². The Morgan fingerprint density at radius 3 is 2.55 bits per heavy atom. The number of nitrogens with two attached hydrogens (primary N) is 1. The van der Waals surface area contributed by atoms with E-state index in [-0.39, 0.29) is 22.4 Å². The van der Waals surface area contributed by atoms with E-state index in [1.54, 1.807) is 12.0 Å². The number of amides is 1. The van der Waals surface area contributed by atoms with Crippen LogP contribution < -0.4 is 5.14 Å². The lowest BCUT2D eigenvalue weighted by Gasteiger charge is -2.30. The number of hydrogen-bond acceptors (Lipinski definition) is 5. The summed E-state index contributed by atoms with van der Waals surface area (Å²) in [4.78, 5) is 13.7. The Morgan fingerprint density at radius 2 is 2.05 bits per heavy atom. The van der Waals surface area contributed by atoms with Gasteiger partial charge in [0.05, 0.1) is 11.8 Å². The molecule has 1 aliphatic heterocycles. The van der Waals surface area contributed by atoms with Gasteiger partial charge >= 0.3 is 0 Å². The Morgan fingerprint density at radius 1 is 1.45 bits per heavy atom. The number of likely N-dealkylation sites (tertiary alicyclic amines) is 1. The lowest BCUT2D eigenvalue weighted by Crippen LogP contribution is -2.41. The van der Waals surface area contributed by atoms with Gasteiger partial charge in [-0.2, -0.15) is 5.10 Å². The summed E-state index contributed by atoms with van der Waals surface area (Å²) in [6.45, 7) is 2.53. The number of H-pyrrole nitrogens is 1. The van der Waals surface area contributed by atoms with Crippen LogP contribution >= 0.6 is 0 Å². The Hall–Kier alpha value is -1.45. The Labute approximate surface area is 117 Å². The molecule has 0 saturated carbocycles. The fraction of sp³-hybridized carbons (Fsp3) is 0.636. The van der Waals surface area contributed by atoms with Crippen molar-refractivity contribution < 1.29 is 17.9 Å². The number of carbonyl (C=O) groups excluding carboxylic acids is 1. The third kappa shape index (κ3) is 2.84. The molecule has 3 N–H and O–H groups in total. The van der Waals surface area contributed by atoms with Crippen molar-refractivity contribution in [3.8, 4) is 0 Å². The number of rotatable bonds is 3. The van der Waals surface area contributed by atoms with E-state index in [0.29, 0.717) is 13.1 Å². The number of aromatic nitrogens is 2. The predicted molar refractivity (Wildman–Crippen MR) is 70.6 cm³/mol. The normalized spacial score (nSPS) is 17.4. The summed E-state index contributed by atoms with van der Waals surface area (Å²) < 4.78 is 28.3. The minimum absolute atomic E-state index is 0.137. The fourth-order valence-electron chi connectivity index (χ4n) is 2.36. The summed E-state index contributed by atoms with van der Waals surface area (Å²) in [7, 11) is -2.35. The van der Waals surface area contributed by atoms with Crippen LogP contribution in [0.2, 0.25) is 0 Å². The molecule has 1 aromatic heterocycles. The molecule has 1 fully saturated rings. The monoisotopic (exact) mass is 302 g/mol. The standard InChI is InChI=1S/C11H18N4O4S/c1-7-10(20(12,17)18)9(14-13-7)11(16)15-5-3-8(19-2)4-6-15/h8H,3-6H2,1-2H3,(H,13,14)(H2,12,17,18). The number of sulfonamides is 1. The van der Waals surface area contributed by atoms with Crippen LogP contribution in [0.3, 0.4) is 0 Å². The summed E-state index contributed by atoms with van der Waals surface area (Å²) >= 11 is 0. The van der Waals surface area contributed by atoms with E-state index in [1.807, 2.05) is 0 Å². The SMILES string of the molecule is COC1CCN(C(=O)c2n[nH]c(C)c2S(N)(=O)=O)CC1. The van der Waals surface area contributed by atoms with Gasteiger partial charge in [-0.3, -0.25) is 9.89 Å². The number of nitrogens with zero attached hydrogens (tertiary/aromatic N) is 2. The van der Waals surface area contributed by atoms with Crippen LogP contribution in [0.4, 0.5) is 0 Å². The highest BCUT2D eigenvalue weighted by Crippen LogP contribution is 2.20. The second-order valence-corrected chi connectivity index (χ2v) is 6.30. The summed E-state index contributed by atoms with van der Waals surface area (Å²) in [6, 6.07) is 0. The molecule has 1 aliphatic rings. The number of carbonyl (C=O) groups is 1. The topological polar surface area (TPSA) is 118 Å². The molecule has 1 aromatic rings. The van der Waals surface area contributed by atoms with Gasteiger partial charge in [0, 0.05) is 20.2 Å². The van der Waals surface area contributed by atoms with E-state index in [0.717, 1.165) is 12.8 Å². The number of aryl methyl sites for hydroxylation is 1. The van der Waals surface area contributed by atoms with Crippen molar-refractivity contribution in [1.29, 1.82) is 0 Å². The lowest BCUT2D eigenvalue weighted by atomic mass is 10.1. The average Bonchev–Trinajstić information content (AvgIpc) is 2.80. The second kappa shape index (κ2) is 5.51. The smallest absolute Gasteiger partial charge is 0.275 e. The van der Waals surface area contributed by atoms with Gasteiger partial charge < -0.3 is 9.64 Å². The molecule has 0 radical (unpaired) electrons. The first kappa shape index (κ1) is 14.9. The zero-order valence-corrected chi connectivity index (χ0v) is 12.2. The van der Waals surface area contributed by atoms with Crippen molar-refractivity contribution in [3.63, 3.8) is 0 Å². The van der Waals surface area contributed by atoms with Crippen molar-refractivity contribution in [1.82, 2.24) is 15.1 Å². The molecule has 0 aromatic carbocycles. The zero-order valence-electron chi connectivity index (χ0n) is 11.4. The molecule has 20 heavy (non-hydrogen) atoms. The van der Waals surface area contributed by atoms with Crippen molar-refractivity contribution in [2.75, 3.05) is 20.2 Å². The highest BCUT2D eigenvalue weighted by Gasteiger charge is 2.30. The zero-order chi connectivity index (χ0) is 14.9. The molecule has 1 amide bonds. The maximum absolute atomic E-state index is 12.4. The van der Waals surface area contributed by atoms with E-state index >= 15 is 0 Å². The molecular formula is C11H18N4O4S. The summed E-state index contributed by atoms with van der Waals surface area (Å²) in [5.74, 6) is -0.423. The summed E-state index contributed by atoms with van der Waals surface area (Å²) in [5, 5.41) is 11.4. The largest absolute Gasteiger partial charge is 0.381 e. The first-order valence-corrected chi connectivity index (χ1v) is 7.79. The second-order valence-electron chi connectivity index (χ2n) is 4.80. The Bertz CT molecular complexity index is 602. The van der Waals surface area contributed by atoms with Gasteiger partial charge in [0.25, 0.3) is 5.91 Å². The van der Waals surface area contributed by atoms with Crippen molar-refractivity contribution >= 4 is 15.9 Å². The number of methoxy groups -OCH3 is 1. The van der Waals surface area contributed by atoms with Crippen LogP contribution in [0, 0.1) is 6.92 Å². The third-order valence-corrected chi connectivity index (χ3v) is 4.51. The van der Waals surface area contributed by atoms with E-state index in [4.69, 9.17) is 9.88 Å². The number of primary sulfonamides is 1. The highest BCUT2D eigenvalue weighted by atomic mass is 32.2. The van der Waals surface area contributed by atoms with Crippen LogP contribution in [-0.2, 0) is 14.8 Å². The van der Waals surface area contributed by atoms with Crippen molar-refractivity contribution in [3.05, 3.63) is 11.4 Å². The van der Waals surface area contributed by atoms with Crippen LogP contribution in [0.15, 0.2) is 4.90 Å². The third-order valence-electron chi connectivity index (χ3n) is 3.44. The number of nitrogens with one attached hydrogen (secondary N) is 1. The van der Waals surface area contributed by atoms with Gasteiger partial charge in [0.2, 0.25) is 10.0 Å². The van der Waals surface area contributed by atoms with Crippen LogP contribution in [0.5, 0.6) is 0 Å². The van der Waals surface area contributed by atoms with Crippen molar-refractivity contribution in [2.24, 2.45) is 5.14 Å². The van der Waals surface area contributed by atoms with Crippen LogP contribution in [0.1, 0.15) is 29.0 Å². The number of hydrogen-bond donors (Lipinski definition) is 2. The molecule has 112 valence electrons. The molecule has 0 aliphatic carbocycles. The Kier molecular flexibility index (Phi) is 4.11. The van der Waals surface area contributed by atoms with E-state index in [9.17, 15) is 13.2 Å². The fourth-order valence-corrected chi connectivity index (χ4v) is 3.23. The van der Waals surface area contributed by atoms with E-state index in [2.05, 4.69) is 10.2 Å². The molecule has 0 unspecified atom stereocenters. The molecule has 2 rings (SSSR count). The molecule has 0 bridgehead atoms. The highest BCUT2D eigenvalue weighted by molar-refractivity contribution is 7.89. The predicted octanol–water partition coefficient (Wildman–Crippen LogP) is -0.383. The van der Waals surface area contributed by atoms with Crippen LogP contribution in [0.25, 0.3) is 0 Å². The molecule has 1 saturated heterocycles. The molecular weight excluding hydrogens is 284 g/mol. The first-order valence-electron chi connectivity index (χ1n) is 6.24. The maximum atomic E-state index is 12.4. The molecule has 2 heterocycles. The molecule has 0 atom stereocenters. The van der Waals surface area contributed by atoms with Gasteiger partial charge in [-0.1, -0.05) is 0 Å². The first-order chi connectivity index (χ1) is 9.34. The average molecular weight is 302 g/mol. The van der Waals surface area contributed by atoms with Crippen LogP contribution in [-0.4, -0.2) is 55.7 Å². The quantitative estimate of drug-likeness (QED) is 0.788.